The number of hydrogen-bond donors (Lipinski definition) is 2. The van der Waals surface area contributed by atoms with Crippen LogP contribution in [0.5, 0.6) is 0 Å². The Labute approximate surface area is 323 Å². The first kappa shape index (κ1) is 36.8. The van der Waals surface area contributed by atoms with E-state index in [0.717, 1.165) is 86.7 Å². The van der Waals surface area contributed by atoms with Gasteiger partial charge in [-0.3, -0.25) is 38.8 Å². The largest absolute Gasteiger partial charge is 0.368 e. The maximum absolute atomic E-state index is 13.6. The van der Waals surface area contributed by atoms with Gasteiger partial charge in [0.1, 0.15) is 17.5 Å². The summed E-state index contributed by atoms with van der Waals surface area (Å²) in [6.07, 6.45) is 9.01. The maximum atomic E-state index is 13.6. The number of ketones is 1. The Hall–Kier alpha value is -5.15. The van der Waals surface area contributed by atoms with E-state index in [-0.39, 0.29) is 47.1 Å². The van der Waals surface area contributed by atoms with E-state index >= 15 is 0 Å². The van der Waals surface area contributed by atoms with Gasteiger partial charge in [-0.15, -0.1) is 11.8 Å². The van der Waals surface area contributed by atoms with Crippen LogP contribution in [0.25, 0.3) is 11.0 Å². The second-order valence-corrected chi connectivity index (χ2v) is 16.0. The third-order valence-corrected chi connectivity index (χ3v) is 12.6. The molecule has 0 spiro atoms. The van der Waals surface area contributed by atoms with Crippen molar-refractivity contribution in [1.29, 1.82) is 0 Å². The summed E-state index contributed by atoms with van der Waals surface area (Å²) in [6, 6.07) is 9.15. The molecule has 0 radical (unpaired) electrons. The van der Waals surface area contributed by atoms with Gasteiger partial charge in [0, 0.05) is 67.2 Å². The number of piperazine rings is 1. The number of piperidine rings is 1. The Morgan fingerprint density at radius 3 is 2.51 bits per heavy atom. The number of Topliss-reactive ketones (excluding diaryl/α,β-unsaturated/α-hetero) is 1. The van der Waals surface area contributed by atoms with Crippen LogP contribution >= 0.6 is 11.8 Å². The van der Waals surface area contributed by atoms with Gasteiger partial charge in [0.05, 0.1) is 17.4 Å². The van der Waals surface area contributed by atoms with E-state index in [0.29, 0.717) is 46.9 Å². The quantitative estimate of drug-likeness (QED) is 0.0945. The standard InChI is InChI=1S/C40H45N9O5S/c1-24-29-22-42-40(45-36(29)49(26-7-3-4-8-26)39(54)35(24)25(2)50)43-33-13-11-27(21-41-33)47-18-16-46(17-19-47)15-6-20-55-32-10-5-9-28-30(32)23-48(38(28)53)31-12-14-34(51)44-37(31)52/h5,9-11,13,21-22,26,31H,3-4,6-8,12,14-20,23H2,1-2H3,(H,44,51,52)(H,41,42,43,45). The van der Waals surface area contributed by atoms with Crippen LogP contribution in [0.15, 0.2) is 52.4 Å². The smallest absolute Gasteiger partial charge is 0.263 e. The lowest BCUT2D eigenvalue weighted by atomic mass is 10.0. The molecule has 6 heterocycles. The van der Waals surface area contributed by atoms with Crippen molar-refractivity contribution in [2.75, 3.05) is 48.7 Å². The summed E-state index contributed by atoms with van der Waals surface area (Å²) in [4.78, 5) is 84.7. The van der Waals surface area contributed by atoms with Crippen LogP contribution in [0, 0.1) is 6.92 Å². The van der Waals surface area contributed by atoms with Crippen molar-refractivity contribution in [2.45, 2.75) is 82.3 Å². The molecule has 2 saturated heterocycles. The average molecular weight is 764 g/mol. The molecule has 0 bridgehead atoms. The summed E-state index contributed by atoms with van der Waals surface area (Å²) < 4.78 is 1.71. The van der Waals surface area contributed by atoms with Gasteiger partial charge in [0.25, 0.3) is 11.5 Å². The van der Waals surface area contributed by atoms with E-state index in [2.05, 4.69) is 36.5 Å². The number of carbonyl (C=O) groups is 4. The Kier molecular flexibility index (Phi) is 10.4. The Balaban J connectivity index is 0.834. The fourth-order valence-corrected chi connectivity index (χ4v) is 9.48. The number of carbonyl (C=O) groups excluding carboxylic acids is 4. The second-order valence-electron chi connectivity index (χ2n) is 14.8. The number of benzene rings is 1. The molecule has 2 N–H and O–H groups in total. The van der Waals surface area contributed by atoms with Crippen LogP contribution in [0.4, 0.5) is 17.5 Å². The summed E-state index contributed by atoms with van der Waals surface area (Å²) in [5.74, 6) is 0.808. The molecule has 3 fully saturated rings. The number of anilines is 3. The molecule has 1 aromatic carbocycles. The van der Waals surface area contributed by atoms with Crippen molar-refractivity contribution in [3.05, 3.63) is 75.3 Å². The number of thioether (sulfide) groups is 1. The number of hydrogen-bond acceptors (Lipinski definition) is 12. The highest BCUT2D eigenvalue weighted by atomic mass is 32.2. The van der Waals surface area contributed by atoms with E-state index in [1.54, 1.807) is 34.3 Å². The van der Waals surface area contributed by atoms with Gasteiger partial charge in [-0.2, -0.15) is 4.98 Å². The van der Waals surface area contributed by atoms with Crippen LogP contribution in [0.2, 0.25) is 0 Å². The number of amides is 3. The van der Waals surface area contributed by atoms with Crippen molar-refractivity contribution in [2.24, 2.45) is 0 Å². The van der Waals surface area contributed by atoms with E-state index in [1.807, 2.05) is 30.5 Å². The number of aromatic nitrogens is 4. The molecule has 8 rings (SSSR count). The zero-order chi connectivity index (χ0) is 38.2. The lowest BCUT2D eigenvalue weighted by Gasteiger charge is -2.36. The first-order valence-corrected chi connectivity index (χ1v) is 20.2. The van der Waals surface area contributed by atoms with Gasteiger partial charge in [0.15, 0.2) is 5.78 Å². The minimum absolute atomic E-state index is 0.0121. The number of nitrogens with one attached hydrogen (secondary N) is 2. The van der Waals surface area contributed by atoms with Crippen molar-refractivity contribution < 1.29 is 19.2 Å². The maximum Gasteiger partial charge on any atom is 0.263 e. The summed E-state index contributed by atoms with van der Waals surface area (Å²) >= 11 is 1.75. The fraction of sp³-hybridized carbons (Fsp3) is 0.450. The molecule has 3 amide bonds. The van der Waals surface area contributed by atoms with Crippen molar-refractivity contribution >= 4 is 63.8 Å². The highest BCUT2D eigenvalue weighted by Crippen LogP contribution is 2.35. The number of imide groups is 1. The molecule has 55 heavy (non-hydrogen) atoms. The highest BCUT2D eigenvalue weighted by Gasteiger charge is 2.40. The summed E-state index contributed by atoms with van der Waals surface area (Å²) in [7, 11) is 0. The molecule has 3 aromatic heterocycles. The molecule has 1 atom stereocenters. The van der Waals surface area contributed by atoms with Crippen LogP contribution in [0.3, 0.4) is 0 Å². The number of nitrogens with zero attached hydrogens (tertiary/aromatic N) is 7. The molecule has 1 aliphatic carbocycles. The van der Waals surface area contributed by atoms with Crippen LogP contribution in [-0.2, 0) is 16.1 Å². The third-order valence-electron chi connectivity index (χ3n) is 11.4. The van der Waals surface area contributed by atoms with Crippen LogP contribution in [0.1, 0.15) is 89.8 Å². The Bertz CT molecular complexity index is 2230. The normalized spacial score (nSPS) is 19.3. The molecule has 4 aliphatic rings. The summed E-state index contributed by atoms with van der Waals surface area (Å²) in [5.41, 5.74) is 3.77. The van der Waals surface area contributed by atoms with Crippen LogP contribution < -0.4 is 21.1 Å². The third kappa shape index (κ3) is 7.34. The monoisotopic (exact) mass is 763 g/mol. The molecule has 1 unspecified atom stereocenters. The summed E-state index contributed by atoms with van der Waals surface area (Å²) in [6.45, 7) is 8.27. The zero-order valence-corrected chi connectivity index (χ0v) is 32.0. The van der Waals surface area contributed by atoms with Crippen molar-refractivity contribution in [3.63, 3.8) is 0 Å². The average Bonchev–Trinajstić information content (AvgIpc) is 3.82. The van der Waals surface area contributed by atoms with Gasteiger partial charge in [-0.05, 0) is 87.2 Å². The van der Waals surface area contributed by atoms with Gasteiger partial charge in [-0.1, -0.05) is 18.9 Å². The Morgan fingerprint density at radius 1 is 0.982 bits per heavy atom. The summed E-state index contributed by atoms with van der Waals surface area (Å²) in [5, 5.41) is 6.29. The van der Waals surface area contributed by atoms with E-state index in [4.69, 9.17) is 4.98 Å². The Morgan fingerprint density at radius 2 is 1.78 bits per heavy atom. The predicted octanol–water partition coefficient (Wildman–Crippen LogP) is 4.62. The molecule has 4 aromatic rings. The first-order chi connectivity index (χ1) is 26.7. The lowest BCUT2D eigenvalue weighted by molar-refractivity contribution is -0.136. The highest BCUT2D eigenvalue weighted by molar-refractivity contribution is 7.99. The molecular formula is C40H45N9O5S. The van der Waals surface area contributed by atoms with E-state index < -0.39 is 6.04 Å². The molecule has 15 heteroatoms. The molecule has 286 valence electrons. The SMILES string of the molecule is CC(=O)c1c(C)c2cnc(Nc3ccc(N4CCN(CCCSc5cccc6c5CN(C5CCC(=O)NC5=O)C6=O)CC4)cn3)nc2n(C2CCCC2)c1=O. The predicted molar refractivity (Wildman–Crippen MR) is 210 cm³/mol. The minimum Gasteiger partial charge on any atom is -0.368 e. The molecule has 3 aliphatic heterocycles. The van der Waals surface area contributed by atoms with E-state index in [1.165, 1.54) is 6.92 Å². The number of fused-ring (bicyclic) bond motifs is 2. The van der Waals surface area contributed by atoms with Gasteiger partial charge in [0.2, 0.25) is 17.8 Å². The lowest BCUT2D eigenvalue weighted by Crippen LogP contribution is -2.52. The van der Waals surface area contributed by atoms with Crippen LogP contribution in [-0.4, -0.2) is 97.3 Å². The van der Waals surface area contributed by atoms with E-state index in [9.17, 15) is 24.0 Å². The molecule has 14 nitrogen and oxygen atoms in total. The van der Waals surface area contributed by atoms with Crippen molar-refractivity contribution in [1.82, 2.24) is 34.6 Å². The topological polar surface area (TPSA) is 163 Å². The number of pyridine rings is 2. The van der Waals surface area contributed by atoms with Gasteiger partial charge in [-0.25, -0.2) is 9.97 Å². The van der Waals surface area contributed by atoms with Gasteiger partial charge >= 0.3 is 0 Å². The number of rotatable bonds is 11. The molecular weight excluding hydrogens is 719 g/mol. The first-order valence-electron chi connectivity index (χ1n) is 19.2. The second kappa shape index (κ2) is 15.5. The van der Waals surface area contributed by atoms with Gasteiger partial charge < -0.3 is 15.1 Å². The zero-order valence-electron chi connectivity index (χ0n) is 31.2. The van der Waals surface area contributed by atoms with Crippen molar-refractivity contribution in [3.8, 4) is 0 Å². The molecule has 1 saturated carbocycles. The fourth-order valence-electron chi connectivity index (χ4n) is 8.46. The minimum atomic E-state index is -0.609. The number of aryl methyl sites for hydroxylation is 1.